The molecule has 0 aliphatic rings. The first-order valence-electron chi connectivity index (χ1n) is 9.21. The third-order valence-electron chi connectivity index (χ3n) is 3.80. The van der Waals surface area contributed by atoms with Gasteiger partial charge in [0.1, 0.15) is 11.5 Å². The summed E-state index contributed by atoms with van der Waals surface area (Å²) in [5.41, 5.74) is 0. The summed E-state index contributed by atoms with van der Waals surface area (Å²) in [5.74, 6) is 2.59. The van der Waals surface area contributed by atoms with E-state index in [1.807, 2.05) is 38.1 Å². The van der Waals surface area contributed by atoms with E-state index in [-0.39, 0.29) is 6.29 Å². The molecule has 0 bridgehead atoms. The lowest BCUT2D eigenvalue weighted by Gasteiger charge is -2.16. The zero-order valence-corrected chi connectivity index (χ0v) is 18.5. The van der Waals surface area contributed by atoms with Crippen molar-refractivity contribution >= 4 is 33.2 Å². The van der Waals surface area contributed by atoms with Crippen LogP contribution in [0.3, 0.4) is 0 Å². The van der Waals surface area contributed by atoms with Crippen molar-refractivity contribution in [1.82, 2.24) is 0 Å². The van der Waals surface area contributed by atoms with Crippen LogP contribution in [0, 0.1) is 0 Å². The van der Waals surface area contributed by atoms with E-state index in [1.54, 1.807) is 37.3 Å². The van der Waals surface area contributed by atoms with Crippen LogP contribution in [0.25, 0.3) is 10.1 Å². The highest BCUT2D eigenvalue weighted by Gasteiger charge is 2.08. The summed E-state index contributed by atoms with van der Waals surface area (Å²) in [5, 5.41) is 3.38. The Morgan fingerprint density at radius 2 is 1.61 bits per heavy atom. The smallest absolute Gasteiger partial charge is 0.166 e. The standard InChI is InChI=1S/C13H20O3S.C9H8OS/c1-4-15-13(16-5-2)10-17-12-8-6-7-11(9-12)14-3;1-10-8-3-2-7-4-5-11-9(7)6-8/h6-9,13H,4-5,10H2,1-3H3;2-6H,1H3. The molecule has 1 heterocycles. The minimum Gasteiger partial charge on any atom is -0.497 e. The average Bonchev–Trinajstić information content (AvgIpc) is 3.20. The maximum absolute atomic E-state index is 5.49. The number of rotatable bonds is 9. The van der Waals surface area contributed by atoms with Gasteiger partial charge in [0.25, 0.3) is 0 Å². The molecule has 0 unspecified atom stereocenters. The van der Waals surface area contributed by atoms with Crippen molar-refractivity contribution in [3.05, 3.63) is 53.9 Å². The molecule has 28 heavy (non-hydrogen) atoms. The molecule has 4 nitrogen and oxygen atoms in total. The Morgan fingerprint density at radius 1 is 0.893 bits per heavy atom. The summed E-state index contributed by atoms with van der Waals surface area (Å²) in [4.78, 5) is 1.16. The molecule has 3 rings (SSSR count). The SMILES string of the molecule is CCOC(CSc1cccc(OC)c1)OCC.COc1ccc2ccsc2c1. The fourth-order valence-electron chi connectivity index (χ4n) is 2.43. The van der Waals surface area contributed by atoms with Crippen LogP contribution in [0.5, 0.6) is 11.5 Å². The third kappa shape index (κ3) is 7.36. The van der Waals surface area contributed by atoms with Crippen LogP contribution in [0.4, 0.5) is 0 Å². The van der Waals surface area contributed by atoms with Gasteiger partial charge in [-0.2, -0.15) is 0 Å². The summed E-state index contributed by atoms with van der Waals surface area (Å²) >= 11 is 3.44. The number of thiophene rings is 1. The Balaban J connectivity index is 0.000000218. The van der Waals surface area contributed by atoms with E-state index in [9.17, 15) is 0 Å². The van der Waals surface area contributed by atoms with Gasteiger partial charge >= 0.3 is 0 Å². The topological polar surface area (TPSA) is 36.9 Å². The zero-order valence-electron chi connectivity index (χ0n) is 16.8. The van der Waals surface area contributed by atoms with Gasteiger partial charge in [-0.05, 0) is 67.1 Å². The van der Waals surface area contributed by atoms with Crippen molar-refractivity contribution in [3.8, 4) is 11.5 Å². The van der Waals surface area contributed by atoms with Gasteiger partial charge in [0.15, 0.2) is 6.29 Å². The molecule has 6 heteroatoms. The number of methoxy groups -OCH3 is 2. The van der Waals surface area contributed by atoms with Crippen molar-refractivity contribution in [2.45, 2.75) is 25.0 Å². The largest absolute Gasteiger partial charge is 0.497 e. The number of thioether (sulfide) groups is 1. The quantitative estimate of drug-likeness (QED) is 0.309. The molecule has 0 spiro atoms. The highest BCUT2D eigenvalue weighted by molar-refractivity contribution is 7.99. The molecule has 152 valence electrons. The van der Waals surface area contributed by atoms with Gasteiger partial charge in [-0.15, -0.1) is 23.1 Å². The molecule has 0 aliphatic carbocycles. The van der Waals surface area contributed by atoms with Crippen molar-refractivity contribution < 1.29 is 18.9 Å². The molecule has 2 aromatic carbocycles. The Kier molecular flexibility index (Phi) is 10.2. The summed E-state index contributed by atoms with van der Waals surface area (Å²) in [6.07, 6.45) is -0.138. The Morgan fingerprint density at radius 3 is 2.29 bits per heavy atom. The van der Waals surface area contributed by atoms with Crippen molar-refractivity contribution in [3.63, 3.8) is 0 Å². The first-order valence-corrected chi connectivity index (χ1v) is 11.1. The van der Waals surface area contributed by atoms with Crippen molar-refractivity contribution in [2.75, 3.05) is 33.2 Å². The second-order valence-corrected chi connectivity index (χ2v) is 7.70. The van der Waals surface area contributed by atoms with E-state index in [2.05, 4.69) is 29.6 Å². The van der Waals surface area contributed by atoms with Crippen LogP contribution in [0.15, 0.2) is 58.8 Å². The molecular weight excluding hydrogens is 392 g/mol. The molecule has 0 atom stereocenters. The summed E-state index contributed by atoms with van der Waals surface area (Å²) in [7, 11) is 3.36. The normalized spacial score (nSPS) is 10.6. The number of ether oxygens (including phenoxy) is 4. The molecule has 0 saturated carbocycles. The molecule has 0 radical (unpaired) electrons. The molecule has 0 amide bonds. The van der Waals surface area contributed by atoms with Crippen LogP contribution in [0.1, 0.15) is 13.8 Å². The predicted octanol–water partition coefficient (Wildman–Crippen LogP) is 6.10. The molecule has 0 N–H and O–H groups in total. The highest BCUT2D eigenvalue weighted by Crippen LogP contribution is 2.25. The number of fused-ring (bicyclic) bond motifs is 1. The Bertz CT molecular complexity index is 813. The van der Waals surface area contributed by atoms with Gasteiger partial charge < -0.3 is 18.9 Å². The molecule has 0 fully saturated rings. The predicted molar refractivity (Wildman–Crippen MR) is 119 cm³/mol. The lowest BCUT2D eigenvalue weighted by atomic mass is 10.2. The lowest BCUT2D eigenvalue weighted by Crippen LogP contribution is -2.19. The minimum absolute atomic E-state index is 0.138. The number of hydrogen-bond acceptors (Lipinski definition) is 6. The Hall–Kier alpha value is -1.73. The molecular formula is C22H28O4S2. The van der Waals surface area contributed by atoms with Gasteiger partial charge in [0.05, 0.1) is 14.2 Å². The fourth-order valence-corrected chi connectivity index (χ4v) is 4.15. The molecule has 0 saturated heterocycles. The maximum Gasteiger partial charge on any atom is 0.166 e. The van der Waals surface area contributed by atoms with Crippen LogP contribution in [0.2, 0.25) is 0 Å². The molecule has 0 aliphatic heterocycles. The van der Waals surface area contributed by atoms with Gasteiger partial charge in [-0.1, -0.05) is 6.07 Å². The minimum atomic E-state index is -0.138. The number of benzene rings is 2. The van der Waals surface area contributed by atoms with E-state index in [4.69, 9.17) is 18.9 Å². The first-order chi connectivity index (χ1) is 13.7. The van der Waals surface area contributed by atoms with E-state index < -0.39 is 0 Å². The summed E-state index contributed by atoms with van der Waals surface area (Å²) in [6.45, 7) is 5.29. The van der Waals surface area contributed by atoms with Crippen molar-refractivity contribution in [2.24, 2.45) is 0 Å². The molecule has 1 aromatic heterocycles. The van der Waals surface area contributed by atoms with Gasteiger partial charge in [-0.25, -0.2) is 0 Å². The zero-order chi connectivity index (χ0) is 20.2. The van der Waals surface area contributed by atoms with Gasteiger partial charge in [0, 0.05) is 28.6 Å². The van der Waals surface area contributed by atoms with E-state index in [0.717, 1.165) is 22.1 Å². The third-order valence-corrected chi connectivity index (χ3v) is 5.70. The first kappa shape index (κ1) is 22.6. The van der Waals surface area contributed by atoms with E-state index in [0.29, 0.717) is 13.2 Å². The molecule has 3 aromatic rings. The second kappa shape index (κ2) is 12.7. The summed E-state index contributed by atoms with van der Waals surface area (Å²) < 4.78 is 22.5. The van der Waals surface area contributed by atoms with Crippen LogP contribution in [-0.4, -0.2) is 39.5 Å². The van der Waals surface area contributed by atoms with E-state index >= 15 is 0 Å². The maximum atomic E-state index is 5.49. The van der Waals surface area contributed by atoms with Crippen LogP contribution in [-0.2, 0) is 9.47 Å². The van der Waals surface area contributed by atoms with Crippen LogP contribution < -0.4 is 9.47 Å². The summed E-state index contributed by atoms with van der Waals surface area (Å²) in [6, 6.07) is 16.2. The van der Waals surface area contributed by atoms with Crippen LogP contribution >= 0.6 is 23.1 Å². The van der Waals surface area contributed by atoms with Crippen molar-refractivity contribution in [1.29, 1.82) is 0 Å². The lowest BCUT2D eigenvalue weighted by molar-refractivity contribution is -0.120. The Labute approximate surface area is 175 Å². The number of hydrogen-bond donors (Lipinski definition) is 0. The van der Waals surface area contributed by atoms with E-state index in [1.165, 1.54) is 10.1 Å². The second-order valence-electron chi connectivity index (χ2n) is 5.65. The highest BCUT2D eigenvalue weighted by atomic mass is 32.2. The van der Waals surface area contributed by atoms with Gasteiger partial charge in [-0.3, -0.25) is 0 Å². The average molecular weight is 421 g/mol. The van der Waals surface area contributed by atoms with Gasteiger partial charge in [0.2, 0.25) is 0 Å². The monoisotopic (exact) mass is 420 g/mol. The fraction of sp³-hybridized carbons (Fsp3) is 0.364.